The van der Waals surface area contributed by atoms with Gasteiger partial charge in [0, 0.05) is 0 Å². The molecule has 1 aliphatic rings. The van der Waals surface area contributed by atoms with E-state index in [0.717, 1.165) is 34.0 Å². The van der Waals surface area contributed by atoms with Gasteiger partial charge in [-0.3, -0.25) is 14.9 Å². The van der Waals surface area contributed by atoms with Crippen molar-refractivity contribution in [3.8, 4) is 11.5 Å². The maximum atomic E-state index is 12.0. The van der Waals surface area contributed by atoms with Crippen LogP contribution in [0.1, 0.15) is 27.8 Å². The highest BCUT2D eigenvalue weighted by Gasteiger charge is 2.31. The Labute approximate surface area is 201 Å². The van der Waals surface area contributed by atoms with Crippen molar-refractivity contribution < 1.29 is 24.2 Å². The van der Waals surface area contributed by atoms with Gasteiger partial charge in [-0.15, -0.1) is 0 Å². The fourth-order valence-corrected chi connectivity index (χ4v) is 4.69. The number of amides is 2. The van der Waals surface area contributed by atoms with E-state index in [0.29, 0.717) is 23.5 Å². The highest BCUT2D eigenvalue weighted by Crippen LogP contribution is 2.28. The standard InChI is InChI=1S/C27H23NO5S/c1-16-10-17(2)12-19(11-16)13-23(26(30)31)20-4-3-5-22(15-20)33-21-8-6-18(7-9-21)14-24-25(29)28-27(32)34-24/h3-13,15,24H,14H2,1-2H3,(H,30,31)(H,28,29,32). The largest absolute Gasteiger partial charge is 0.478 e. The number of aryl methyl sites for hydroxylation is 2. The number of thioether (sulfide) groups is 1. The van der Waals surface area contributed by atoms with Gasteiger partial charge < -0.3 is 9.84 Å². The van der Waals surface area contributed by atoms with E-state index in [9.17, 15) is 19.5 Å². The first-order valence-corrected chi connectivity index (χ1v) is 11.6. The Morgan fingerprint density at radius 1 is 1.00 bits per heavy atom. The molecule has 34 heavy (non-hydrogen) atoms. The maximum absolute atomic E-state index is 12.0. The highest BCUT2D eigenvalue weighted by atomic mass is 32.2. The van der Waals surface area contributed by atoms with E-state index >= 15 is 0 Å². The van der Waals surface area contributed by atoms with Crippen molar-refractivity contribution >= 4 is 40.5 Å². The summed E-state index contributed by atoms with van der Waals surface area (Å²) in [5, 5.41) is 11.4. The number of rotatable bonds is 7. The summed E-state index contributed by atoms with van der Waals surface area (Å²) in [6.07, 6.45) is 2.11. The van der Waals surface area contributed by atoms with E-state index < -0.39 is 11.2 Å². The molecular weight excluding hydrogens is 450 g/mol. The van der Waals surface area contributed by atoms with Crippen LogP contribution in [0.4, 0.5) is 4.79 Å². The van der Waals surface area contributed by atoms with Crippen LogP contribution >= 0.6 is 11.8 Å². The monoisotopic (exact) mass is 473 g/mol. The van der Waals surface area contributed by atoms with Gasteiger partial charge in [-0.05, 0) is 67.3 Å². The normalized spacial score (nSPS) is 15.8. The van der Waals surface area contributed by atoms with E-state index in [2.05, 4.69) is 5.32 Å². The molecule has 0 bridgehead atoms. The van der Waals surface area contributed by atoms with E-state index in [1.54, 1.807) is 42.5 Å². The molecule has 0 radical (unpaired) electrons. The minimum absolute atomic E-state index is 0.174. The molecule has 3 aromatic rings. The Kier molecular flexibility index (Phi) is 6.84. The lowest BCUT2D eigenvalue weighted by molar-refractivity contribution is -0.130. The van der Waals surface area contributed by atoms with Crippen LogP contribution in [0.25, 0.3) is 11.6 Å². The van der Waals surface area contributed by atoms with Crippen molar-refractivity contribution in [1.29, 1.82) is 0 Å². The maximum Gasteiger partial charge on any atom is 0.336 e. The molecule has 2 N–H and O–H groups in total. The molecule has 172 valence electrons. The average Bonchev–Trinajstić information content (AvgIpc) is 3.09. The van der Waals surface area contributed by atoms with Crippen LogP contribution in [0.3, 0.4) is 0 Å². The summed E-state index contributed by atoms with van der Waals surface area (Å²) in [7, 11) is 0. The van der Waals surface area contributed by atoms with E-state index in [-0.39, 0.29) is 16.7 Å². The van der Waals surface area contributed by atoms with Gasteiger partial charge in [0.1, 0.15) is 11.5 Å². The molecule has 0 aromatic heterocycles. The SMILES string of the molecule is Cc1cc(C)cc(C=C(C(=O)O)c2cccc(Oc3ccc(CC4SC(=O)NC4=O)cc3)c2)c1. The van der Waals surface area contributed by atoms with Crippen molar-refractivity contribution in [3.63, 3.8) is 0 Å². The van der Waals surface area contributed by atoms with Gasteiger partial charge in [0.15, 0.2) is 0 Å². The van der Waals surface area contributed by atoms with Crippen molar-refractivity contribution in [2.24, 2.45) is 0 Å². The van der Waals surface area contributed by atoms with E-state index in [1.165, 1.54) is 0 Å². The molecule has 0 spiro atoms. The molecule has 1 atom stereocenters. The van der Waals surface area contributed by atoms with E-state index in [4.69, 9.17) is 4.74 Å². The summed E-state index contributed by atoms with van der Waals surface area (Å²) in [6.45, 7) is 3.96. The first-order valence-electron chi connectivity index (χ1n) is 10.7. The number of benzene rings is 3. The highest BCUT2D eigenvalue weighted by molar-refractivity contribution is 8.15. The quantitative estimate of drug-likeness (QED) is 0.342. The molecule has 1 aliphatic heterocycles. The van der Waals surface area contributed by atoms with Crippen molar-refractivity contribution in [1.82, 2.24) is 5.32 Å². The number of aliphatic carboxylic acids is 1. The fraction of sp³-hybridized carbons (Fsp3) is 0.148. The van der Waals surface area contributed by atoms with Crippen molar-refractivity contribution in [2.45, 2.75) is 25.5 Å². The number of carbonyl (C=O) groups excluding carboxylic acids is 2. The van der Waals surface area contributed by atoms with Crippen molar-refractivity contribution in [3.05, 3.63) is 94.5 Å². The zero-order chi connectivity index (χ0) is 24.2. The third-order valence-electron chi connectivity index (χ3n) is 5.28. The smallest absolute Gasteiger partial charge is 0.336 e. The molecule has 6 nitrogen and oxygen atoms in total. The average molecular weight is 474 g/mol. The van der Waals surface area contributed by atoms with Crippen molar-refractivity contribution in [2.75, 3.05) is 0 Å². The van der Waals surface area contributed by atoms with E-state index in [1.807, 2.05) is 44.2 Å². The molecule has 0 aliphatic carbocycles. The second kappa shape index (κ2) is 9.97. The van der Waals surface area contributed by atoms with Crippen LogP contribution in [0.15, 0.2) is 66.7 Å². The Balaban J connectivity index is 1.51. The lowest BCUT2D eigenvalue weighted by Crippen LogP contribution is -2.25. The Hall–Kier alpha value is -3.84. The molecule has 2 amide bonds. The molecule has 1 fully saturated rings. The Morgan fingerprint density at radius 3 is 2.32 bits per heavy atom. The summed E-state index contributed by atoms with van der Waals surface area (Å²) in [5.74, 6) is -0.201. The van der Waals surface area contributed by atoms with Crippen LogP contribution in [-0.4, -0.2) is 27.5 Å². The molecular formula is C27H23NO5S. The Morgan fingerprint density at radius 2 is 1.71 bits per heavy atom. The predicted molar refractivity (Wildman–Crippen MR) is 133 cm³/mol. The topological polar surface area (TPSA) is 92.7 Å². The van der Waals surface area contributed by atoms with Gasteiger partial charge in [0.25, 0.3) is 5.24 Å². The molecule has 3 aromatic carbocycles. The lowest BCUT2D eigenvalue weighted by Gasteiger charge is -2.10. The molecule has 1 saturated heterocycles. The second-order valence-corrected chi connectivity index (χ2v) is 9.32. The molecule has 0 saturated carbocycles. The van der Waals surface area contributed by atoms with Crippen LogP contribution < -0.4 is 10.1 Å². The number of carbonyl (C=O) groups is 3. The third kappa shape index (κ3) is 5.74. The molecule has 7 heteroatoms. The first kappa shape index (κ1) is 23.3. The van der Waals surface area contributed by atoms with Gasteiger partial charge in [-0.25, -0.2) is 4.79 Å². The molecule has 4 rings (SSSR count). The zero-order valence-electron chi connectivity index (χ0n) is 18.7. The number of imide groups is 1. The summed E-state index contributed by atoms with van der Waals surface area (Å²) in [4.78, 5) is 35.1. The minimum Gasteiger partial charge on any atom is -0.478 e. The zero-order valence-corrected chi connectivity index (χ0v) is 19.5. The number of carboxylic acids is 1. The van der Waals surface area contributed by atoms with Crippen LogP contribution in [-0.2, 0) is 16.0 Å². The molecule has 1 unspecified atom stereocenters. The van der Waals surface area contributed by atoms with Gasteiger partial charge >= 0.3 is 5.97 Å². The second-order valence-electron chi connectivity index (χ2n) is 8.15. The summed E-state index contributed by atoms with van der Waals surface area (Å²) in [6, 6.07) is 20.1. The van der Waals surface area contributed by atoms with Crippen LogP contribution in [0, 0.1) is 13.8 Å². The fourth-order valence-electron chi connectivity index (χ4n) is 3.83. The summed E-state index contributed by atoms with van der Waals surface area (Å²) < 4.78 is 5.94. The number of nitrogens with one attached hydrogen (secondary N) is 1. The van der Waals surface area contributed by atoms with Gasteiger partial charge in [-0.1, -0.05) is 65.4 Å². The number of hydrogen-bond donors (Lipinski definition) is 2. The van der Waals surface area contributed by atoms with Crippen LogP contribution in [0.5, 0.6) is 11.5 Å². The van der Waals surface area contributed by atoms with Crippen LogP contribution in [0.2, 0.25) is 0 Å². The number of carboxylic acid groups (broad SMARTS) is 1. The minimum atomic E-state index is -1.02. The third-order valence-corrected chi connectivity index (χ3v) is 6.26. The van der Waals surface area contributed by atoms with Gasteiger partial charge in [-0.2, -0.15) is 0 Å². The predicted octanol–water partition coefficient (Wildman–Crippen LogP) is 5.62. The number of ether oxygens (including phenoxy) is 1. The first-order chi connectivity index (χ1) is 16.3. The van der Waals surface area contributed by atoms with Gasteiger partial charge in [0.05, 0.1) is 10.8 Å². The Bertz CT molecular complexity index is 1280. The lowest BCUT2D eigenvalue weighted by atomic mass is 10.0. The summed E-state index contributed by atoms with van der Waals surface area (Å²) in [5.41, 5.74) is 4.58. The molecule has 1 heterocycles. The number of hydrogen-bond acceptors (Lipinski definition) is 5. The van der Waals surface area contributed by atoms with Gasteiger partial charge in [0.2, 0.25) is 5.91 Å². The summed E-state index contributed by atoms with van der Waals surface area (Å²) >= 11 is 1.000.